The quantitative estimate of drug-likeness (QED) is 0.443. The van der Waals surface area contributed by atoms with Crippen LogP contribution in [-0.2, 0) is 20.8 Å². The van der Waals surface area contributed by atoms with Gasteiger partial charge in [0.2, 0.25) is 17.7 Å². The molecule has 0 aromatic heterocycles. The van der Waals surface area contributed by atoms with Crippen molar-refractivity contribution in [2.45, 2.75) is 76.4 Å². The monoisotopic (exact) mass is 566 g/mol. The van der Waals surface area contributed by atoms with Crippen molar-refractivity contribution in [2.24, 2.45) is 5.92 Å². The van der Waals surface area contributed by atoms with Gasteiger partial charge in [0.1, 0.15) is 29.8 Å². The van der Waals surface area contributed by atoms with Gasteiger partial charge in [0.25, 0.3) is 5.91 Å². The molecule has 0 unspecified atom stereocenters. The minimum atomic E-state index is -1.02. The number of amides is 4. The van der Waals surface area contributed by atoms with Crippen molar-refractivity contribution < 1.29 is 28.3 Å². The molecule has 2 aliphatic rings. The van der Waals surface area contributed by atoms with Gasteiger partial charge in [-0.2, -0.15) is 0 Å². The molecule has 2 atom stereocenters. The van der Waals surface area contributed by atoms with Crippen LogP contribution in [0.4, 0.5) is 4.39 Å². The fourth-order valence-electron chi connectivity index (χ4n) is 5.27. The Balaban J connectivity index is 1.55. The van der Waals surface area contributed by atoms with Crippen molar-refractivity contribution in [3.05, 3.63) is 65.5 Å². The maximum Gasteiger partial charge on any atom is 0.255 e. The molecule has 1 saturated carbocycles. The predicted octanol–water partition coefficient (Wildman–Crippen LogP) is 3.03. The van der Waals surface area contributed by atoms with Gasteiger partial charge in [-0.05, 0) is 61.4 Å². The Morgan fingerprint density at radius 3 is 2.46 bits per heavy atom. The Morgan fingerprint density at radius 2 is 1.76 bits per heavy atom. The fourth-order valence-corrected chi connectivity index (χ4v) is 5.27. The molecule has 1 spiro atoms. The van der Waals surface area contributed by atoms with E-state index in [9.17, 15) is 23.6 Å². The van der Waals surface area contributed by atoms with Gasteiger partial charge in [0.15, 0.2) is 0 Å². The summed E-state index contributed by atoms with van der Waals surface area (Å²) in [6, 6.07) is 11.4. The van der Waals surface area contributed by atoms with E-state index in [4.69, 9.17) is 4.74 Å². The zero-order valence-electron chi connectivity index (χ0n) is 23.6. The first kappa shape index (κ1) is 30.0. The molecule has 1 aliphatic carbocycles. The highest BCUT2D eigenvalue weighted by atomic mass is 19.1. The molecular weight excluding hydrogens is 527 g/mol. The standard InChI is InChI=1S/C31H39FN4O5/c1-20(2)25-19-41-26-8-4-3-7-23(26)28(38)34-24(29(39)33-18-15-21-9-11-22(32)12-10-21)13-14-27(37)36-31(30(40)35-25)16-5-6-17-31/h3-4,7-12,20,24-25H,5-6,13-19H2,1-2H3,(H,33,39)(H,34,38)(H,35,40)(H,36,37)/t24-,25+/m0/s1. The summed E-state index contributed by atoms with van der Waals surface area (Å²) in [4.78, 5) is 53.2. The second-order valence-corrected chi connectivity index (χ2v) is 11.2. The molecule has 1 fully saturated rings. The summed E-state index contributed by atoms with van der Waals surface area (Å²) in [6.07, 6.45) is 3.15. The number of rotatable bonds is 5. The van der Waals surface area contributed by atoms with Crippen LogP contribution in [0.2, 0.25) is 0 Å². The smallest absolute Gasteiger partial charge is 0.255 e. The highest BCUT2D eigenvalue weighted by molar-refractivity contribution is 6.00. The Bertz CT molecular complexity index is 1240. The number of hydrogen-bond acceptors (Lipinski definition) is 5. The lowest BCUT2D eigenvalue weighted by atomic mass is 9.94. The van der Waals surface area contributed by atoms with Crippen LogP contribution in [0, 0.1) is 11.7 Å². The van der Waals surface area contributed by atoms with Gasteiger partial charge in [0, 0.05) is 13.0 Å². The van der Waals surface area contributed by atoms with Crippen molar-refractivity contribution in [3.8, 4) is 5.75 Å². The van der Waals surface area contributed by atoms with Gasteiger partial charge >= 0.3 is 0 Å². The number of hydrogen-bond donors (Lipinski definition) is 4. The van der Waals surface area contributed by atoms with Crippen LogP contribution in [0.5, 0.6) is 5.75 Å². The van der Waals surface area contributed by atoms with Crippen molar-refractivity contribution in [1.29, 1.82) is 0 Å². The fraction of sp³-hybridized carbons (Fsp3) is 0.484. The molecule has 220 valence electrons. The molecule has 2 aromatic rings. The molecule has 4 rings (SSSR count). The number of nitrogens with one attached hydrogen (secondary N) is 4. The number of carbonyl (C=O) groups excluding carboxylic acids is 4. The molecule has 2 aromatic carbocycles. The Hall–Kier alpha value is -3.95. The van der Waals surface area contributed by atoms with E-state index < -0.39 is 23.4 Å². The molecule has 0 radical (unpaired) electrons. The lowest BCUT2D eigenvalue weighted by Crippen LogP contribution is -2.60. The summed E-state index contributed by atoms with van der Waals surface area (Å²) in [6.45, 7) is 4.34. The van der Waals surface area contributed by atoms with Gasteiger partial charge in [-0.25, -0.2) is 4.39 Å². The number of carbonyl (C=O) groups is 4. The predicted molar refractivity (Wildman–Crippen MR) is 152 cm³/mol. The van der Waals surface area contributed by atoms with E-state index in [0.29, 0.717) is 25.0 Å². The van der Waals surface area contributed by atoms with E-state index in [1.807, 2.05) is 13.8 Å². The zero-order valence-corrected chi connectivity index (χ0v) is 23.6. The molecule has 10 heteroatoms. The van der Waals surface area contributed by atoms with E-state index in [2.05, 4.69) is 21.3 Å². The molecule has 4 amide bonds. The van der Waals surface area contributed by atoms with Crippen LogP contribution < -0.4 is 26.0 Å². The van der Waals surface area contributed by atoms with E-state index >= 15 is 0 Å². The lowest BCUT2D eigenvalue weighted by molar-refractivity contribution is -0.134. The number of ether oxygens (including phenoxy) is 1. The Morgan fingerprint density at radius 1 is 1.05 bits per heavy atom. The molecule has 0 saturated heterocycles. The summed E-state index contributed by atoms with van der Waals surface area (Å²) in [7, 11) is 0. The molecular formula is C31H39FN4O5. The summed E-state index contributed by atoms with van der Waals surface area (Å²) in [5, 5.41) is 11.6. The minimum Gasteiger partial charge on any atom is -0.491 e. The summed E-state index contributed by atoms with van der Waals surface area (Å²) in [5.74, 6) is -1.51. The van der Waals surface area contributed by atoms with Crippen LogP contribution >= 0.6 is 0 Å². The van der Waals surface area contributed by atoms with Gasteiger partial charge < -0.3 is 26.0 Å². The van der Waals surface area contributed by atoms with Crippen LogP contribution in [0.1, 0.15) is 68.3 Å². The Kier molecular flexibility index (Phi) is 9.96. The lowest BCUT2D eigenvalue weighted by Gasteiger charge is -2.32. The normalized spacial score (nSPS) is 21.5. The third-order valence-electron chi connectivity index (χ3n) is 7.85. The number of fused-ring (bicyclic) bond motifs is 1. The number of para-hydroxylation sites is 1. The van der Waals surface area contributed by atoms with Crippen LogP contribution in [-0.4, -0.2) is 54.4 Å². The SMILES string of the molecule is CC(C)[C@H]1COc2ccccc2C(=O)N[C@H](C(=O)NCCc2ccc(F)cc2)CCC(=O)NC2(CCCC2)C(=O)N1. The van der Waals surface area contributed by atoms with Crippen LogP contribution in [0.3, 0.4) is 0 Å². The third kappa shape index (κ3) is 7.83. The van der Waals surface area contributed by atoms with Crippen molar-refractivity contribution >= 4 is 23.6 Å². The van der Waals surface area contributed by atoms with Crippen LogP contribution in [0.25, 0.3) is 0 Å². The van der Waals surface area contributed by atoms with Gasteiger partial charge in [0.05, 0.1) is 11.6 Å². The molecule has 4 N–H and O–H groups in total. The molecule has 41 heavy (non-hydrogen) atoms. The van der Waals surface area contributed by atoms with Crippen molar-refractivity contribution in [1.82, 2.24) is 21.3 Å². The molecule has 1 aliphatic heterocycles. The highest BCUT2D eigenvalue weighted by Crippen LogP contribution is 2.31. The average Bonchev–Trinajstić information content (AvgIpc) is 3.43. The molecule has 1 heterocycles. The van der Waals surface area contributed by atoms with Gasteiger partial charge in [-0.1, -0.05) is 51.0 Å². The Labute approximate surface area is 240 Å². The summed E-state index contributed by atoms with van der Waals surface area (Å²) in [5.41, 5.74) is 0.0819. The van der Waals surface area contributed by atoms with Crippen molar-refractivity contribution in [3.63, 3.8) is 0 Å². The number of halogens is 1. The second-order valence-electron chi connectivity index (χ2n) is 11.2. The highest BCUT2D eigenvalue weighted by Gasteiger charge is 2.43. The van der Waals surface area contributed by atoms with E-state index in [-0.39, 0.29) is 61.1 Å². The topological polar surface area (TPSA) is 126 Å². The maximum absolute atomic E-state index is 13.5. The first-order valence-electron chi connectivity index (χ1n) is 14.3. The van der Waals surface area contributed by atoms with E-state index in [1.165, 1.54) is 12.1 Å². The summed E-state index contributed by atoms with van der Waals surface area (Å²) < 4.78 is 19.3. The average molecular weight is 567 g/mol. The largest absolute Gasteiger partial charge is 0.491 e. The molecule has 0 bridgehead atoms. The first-order valence-corrected chi connectivity index (χ1v) is 14.3. The van der Waals surface area contributed by atoms with Gasteiger partial charge in [-0.3, -0.25) is 19.2 Å². The van der Waals surface area contributed by atoms with E-state index in [1.54, 1.807) is 36.4 Å². The minimum absolute atomic E-state index is 0.0350. The molecule has 9 nitrogen and oxygen atoms in total. The first-order chi connectivity index (χ1) is 19.7. The maximum atomic E-state index is 13.5. The summed E-state index contributed by atoms with van der Waals surface area (Å²) >= 11 is 0. The zero-order chi connectivity index (χ0) is 29.4. The van der Waals surface area contributed by atoms with E-state index in [0.717, 1.165) is 18.4 Å². The van der Waals surface area contributed by atoms with Gasteiger partial charge in [-0.15, -0.1) is 0 Å². The third-order valence-corrected chi connectivity index (χ3v) is 7.85. The van der Waals surface area contributed by atoms with Crippen molar-refractivity contribution in [2.75, 3.05) is 13.2 Å². The van der Waals surface area contributed by atoms with Crippen LogP contribution in [0.15, 0.2) is 48.5 Å². The second kappa shape index (κ2) is 13.6. The number of benzene rings is 2.